The summed E-state index contributed by atoms with van der Waals surface area (Å²) in [5, 5.41) is 10.6. The molecule has 0 radical (unpaired) electrons. The quantitative estimate of drug-likeness (QED) is 0.354. The molecule has 0 aliphatic carbocycles. The van der Waals surface area contributed by atoms with Gasteiger partial charge in [-0.25, -0.2) is 0 Å². The number of nitrogens with two attached hydrogens (primary N) is 1. The highest BCUT2D eigenvalue weighted by atomic mass is 35.5. The number of aliphatic hydroxyl groups excluding tert-OH is 1. The fourth-order valence-electron chi connectivity index (χ4n) is 2.78. The number of aliphatic hydroxyl groups is 1. The van der Waals surface area contributed by atoms with Crippen LogP contribution in [0.5, 0.6) is 0 Å². The molecule has 0 bridgehead atoms. The fourth-order valence-corrected chi connectivity index (χ4v) is 2.96. The molecule has 0 aromatic rings. The molecule has 0 aromatic heterocycles. The van der Waals surface area contributed by atoms with Crippen LogP contribution in [0.4, 0.5) is 0 Å². The van der Waals surface area contributed by atoms with Crippen molar-refractivity contribution in [3.05, 3.63) is 0 Å². The van der Waals surface area contributed by atoms with E-state index in [1.165, 1.54) is 7.11 Å². The van der Waals surface area contributed by atoms with Gasteiger partial charge in [-0.2, -0.15) is 0 Å². The van der Waals surface area contributed by atoms with Crippen LogP contribution in [0.1, 0.15) is 32.6 Å². The van der Waals surface area contributed by atoms with Crippen molar-refractivity contribution in [3.8, 4) is 0 Å². The fraction of sp³-hybridized carbons (Fsp3) is 0.933. The minimum atomic E-state index is -0.733. The van der Waals surface area contributed by atoms with Crippen LogP contribution < -0.4 is 5.73 Å². The summed E-state index contributed by atoms with van der Waals surface area (Å²) < 4.78 is 15.7. The second-order valence-corrected chi connectivity index (χ2v) is 6.17. The molecule has 0 amide bonds. The van der Waals surface area contributed by atoms with E-state index in [0.717, 1.165) is 19.3 Å². The number of rotatable bonds is 10. The smallest absolute Gasteiger partial charge is 0.322 e. The summed E-state index contributed by atoms with van der Waals surface area (Å²) >= 11 is 5.71. The van der Waals surface area contributed by atoms with Crippen molar-refractivity contribution in [1.29, 1.82) is 0 Å². The molecular weight excluding hydrogens is 310 g/mol. The Morgan fingerprint density at radius 1 is 1.41 bits per heavy atom. The molecule has 1 aliphatic rings. The van der Waals surface area contributed by atoms with E-state index in [1.807, 2.05) is 6.92 Å². The molecule has 1 aliphatic heterocycles. The van der Waals surface area contributed by atoms with Gasteiger partial charge in [0.2, 0.25) is 0 Å². The predicted octanol–water partition coefficient (Wildman–Crippen LogP) is 1.27. The Kier molecular flexibility index (Phi) is 9.28. The van der Waals surface area contributed by atoms with Crippen LogP contribution in [0, 0.1) is 11.8 Å². The van der Waals surface area contributed by atoms with Crippen molar-refractivity contribution in [1.82, 2.24) is 0 Å². The first-order chi connectivity index (χ1) is 10.5. The minimum Gasteiger partial charge on any atom is -0.468 e. The maximum Gasteiger partial charge on any atom is 0.322 e. The topological polar surface area (TPSA) is 91.0 Å². The predicted molar refractivity (Wildman–Crippen MR) is 83.5 cm³/mol. The number of hydrogen-bond donors (Lipinski definition) is 2. The van der Waals surface area contributed by atoms with Crippen molar-refractivity contribution in [2.45, 2.75) is 51.0 Å². The average Bonchev–Trinajstić information content (AvgIpc) is 3.04. The lowest BCUT2D eigenvalue weighted by Gasteiger charge is -2.31. The van der Waals surface area contributed by atoms with Crippen LogP contribution in [0.2, 0.25) is 0 Å². The van der Waals surface area contributed by atoms with Gasteiger partial charge in [0, 0.05) is 11.8 Å². The maximum absolute atomic E-state index is 11.4. The number of carbonyl (C=O) groups is 1. The second kappa shape index (κ2) is 10.4. The molecule has 1 rings (SSSR count). The van der Waals surface area contributed by atoms with Crippen molar-refractivity contribution in [3.63, 3.8) is 0 Å². The Labute approximate surface area is 137 Å². The Morgan fingerprint density at radius 2 is 2.05 bits per heavy atom. The molecule has 4 atom stereocenters. The van der Waals surface area contributed by atoms with E-state index in [0.29, 0.717) is 25.5 Å². The van der Waals surface area contributed by atoms with Crippen LogP contribution in [-0.2, 0) is 19.0 Å². The largest absolute Gasteiger partial charge is 0.468 e. The maximum atomic E-state index is 11.4. The molecule has 130 valence electrons. The average molecular weight is 338 g/mol. The van der Waals surface area contributed by atoms with Gasteiger partial charge in [-0.05, 0) is 25.2 Å². The summed E-state index contributed by atoms with van der Waals surface area (Å²) in [6.07, 6.45) is 1.83. The SMILES string of the molecule is COC(=O)[C@H](N)C[C@H](C)[C@@H](O)[C@@H](CCCCCl)C1OCCO1. The van der Waals surface area contributed by atoms with Crippen molar-refractivity contribution in [2.75, 3.05) is 26.2 Å². The van der Waals surface area contributed by atoms with Crippen LogP contribution in [0.15, 0.2) is 0 Å². The van der Waals surface area contributed by atoms with E-state index >= 15 is 0 Å². The zero-order chi connectivity index (χ0) is 16.5. The van der Waals surface area contributed by atoms with Gasteiger partial charge in [0.25, 0.3) is 0 Å². The van der Waals surface area contributed by atoms with Gasteiger partial charge in [-0.3, -0.25) is 4.79 Å². The first-order valence-electron chi connectivity index (χ1n) is 7.81. The Hall–Kier alpha value is -0.400. The van der Waals surface area contributed by atoms with Crippen LogP contribution in [0.3, 0.4) is 0 Å². The number of esters is 1. The molecular formula is C15H28ClNO5. The molecule has 0 saturated carbocycles. The zero-order valence-corrected chi connectivity index (χ0v) is 14.1. The first kappa shape index (κ1) is 19.6. The van der Waals surface area contributed by atoms with Gasteiger partial charge in [0.15, 0.2) is 6.29 Å². The highest BCUT2D eigenvalue weighted by Gasteiger charge is 2.36. The molecule has 0 aromatic carbocycles. The van der Waals surface area contributed by atoms with Crippen molar-refractivity contribution < 1.29 is 24.1 Å². The standard InChI is InChI=1S/C15H28ClNO5/c1-10(9-12(17)14(19)20-2)13(18)11(5-3-4-6-16)15-21-7-8-22-15/h10-13,15,18H,3-9,17H2,1-2H3/t10-,11+,12+,13+/m0/s1. The van der Waals surface area contributed by atoms with E-state index in [-0.39, 0.29) is 11.8 Å². The van der Waals surface area contributed by atoms with E-state index in [4.69, 9.17) is 26.8 Å². The second-order valence-electron chi connectivity index (χ2n) is 5.79. The molecule has 0 unspecified atom stereocenters. The number of alkyl halides is 1. The Morgan fingerprint density at radius 3 is 2.59 bits per heavy atom. The molecule has 7 heteroatoms. The van der Waals surface area contributed by atoms with E-state index in [1.54, 1.807) is 0 Å². The third-order valence-corrected chi connectivity index (χ3v) is 4.34. The number of methoxy groups -OCH3 is 1. The monoisotopic (exact) mass is 337 g/mol. The minimum absolute atomic E-state index is 0.148. The third-order valence-electron chi connectivity index (χ3n) is 4.07. The number of halogens is 1. The van der Waals surface area contributed by atoms with Gasteiger partial charge in [-0.1, -0.05) is 13.3 Å². The van der Waals surface area contributed by atoms with Gasteiger partial charge >= 0.3 is 5.97 Å². The van der Waals surface area contributed by atoms with Crippen LogP contribution >= 0.6 is 11.6 Å². The number of hydrogen-bond acceptors (Lipinski definition) is 6. The van der Waals surface area contributed by atoms with Crippen molar-refractivity contribution >= 4 is 17.6 Å². The van der Waals surface area contributed by atoms with Gasteiger partial charge in [0.05, 0.1) is 26.4 Å². The highest BCUT2D eigenvalue weighted by molar-refractivity contribution is 6.17. The normalized spacial score (nSPS) is 21.3. The van der Waals surface area contributed by atoms with Crippen molar-refractivity contribution in [2.24, 2.45) is 17.6 Å². The molecule has 22 heavy (non-hydrogen) atoms. The van der Waals surface area contributed by atoms with E-state index in [9.17, 15) is 9.90 Å². The third kappa shape index (κ3) is 6.01. The first-order valence-corrected chi connectivity index (χ1v) is 8.35. The molecule has 1 heterocycles. The summed E-state index contributed by atoms with van der Waals surface area (Å²) in [6, 6.07) is -0.733. The number of unbranched alkanes of at least 4 members (excludes halogenated alkanes) is 1. The summed E-state index contributed by atoms with van der Waals surface area (Å²) in [5.41, 5.74) is 5.78. The zero-order valence-electron chi connectivity index (χ0n) is 13.4. The molecule has 1 fully saturated rings. The number of ether oxygens (including phenoxy) is 3. The highest BCUT2D eigenvalue weighted by Crippen LogP contribution is 2.29. The van der Waals surface area contributed by atoms with Crippen LogP contribution in [-0.4, -0.2) is 55.7 Å². The number of carbonyl (C=O) groups excluding carboxylic acids is 1. The summed E-state index contributed by atoms with van der Waals surface area (Å²) in [6.45, 7) is 2.95. The molecule has 1 saturated heterocycles. The lowest BCUT2D eigenvalue weighted by molar-refractivity contribution is -0.144. The summed E-state index contributed by atoms with van der Waals surface area (Å²) in [7, 11) is 1.30. The summed E-state index contributed by atoms with van der Waals surface area (Å²) in [4.78, 5) is 11.4. The van der Waals surface area contributed by atoms with Gasteiger partial charge in [-0.15, -0.1) is 11.6 Å². The van der Waals surface area contributed by atoms with Gasteiger partial charge in [0.1, 0.15) is 6.04 Å². The summed E-state index contributed by atoms with van der Waals surface area (Å²) in [5.74, 6) is -0.183. The van der Waals surface area contributed by atoms with E-state index < -0.39 is 24.4 Å². The molecule has 0 spiro atoms. The molecule has 3 N–H and O–H groups in total. The molecule has 6 nitrogen and oxygen atoms in total. The van der Waals surface area contributed by atoms with Crippen LogP contribution in [0.25, 0.3) is 0 Å². The Balaban J connectivity index is 2.59. The van der Waals surface area contributed by atoms with Gasteiger partial charge < -0.3 is 25.1 Å². The van der Waals surface area contributed by atoms with E-state index in [2.05, 4.69) is 4.74 Å². The Bertz CT molecular complexity index is 325. The lowest BCUT2D eigenvalue weighted by atomic mass is 9.84. The lowest BCUT2D eigenvalue weighted by Crippen LogP contribution is -2.41.